The molecule has 1 fully saturated rings. The maximum atomic E-state index is 12.5. The van der Waals surface area contributed by atoms with Crippen LogP contribution in [0.4, 0.5) is 0 Å². The van der Waals surface area contributed by atoms with Gasteiger partial charge in [-0.05, 0) is 30.7 Å². The van der Waals surface area contributed by atoms with E-state index >= 15 is 0 Å². The molecular formula is C23H25N3O4. The zero-order valence-electron chi connectivity index (χ0n) is 17.2. The second kappa shape index (κ2) is 8.98. The maximum Gasteiger partial charge on any atom is 0.233 e. The summed E-state index contributed by atoms with van der Waals surface area (Å²) in [6.45, 7) is 3.78. The van der Waals surface area contributed by atoms with E-state index in [-0.39, 0.29) is 11.8 Å². The predicted molar refractivity (Wildman–Crippen MR) is 111 cm³/mol. The van der Waals surface area contributed by atoms with Gasteiger partial charge in [0.15, 0.2) is 5.82 Å². The molecular weight excluding hydrogens is 382 g/mol. The maximum absolute atomic E-state index is 12.5. The smallest absolute Gasteiger partial charge is 0.233 e. The van der Waals surface area contributed by atoms with Gasteiger partial charge in [-0.15, -0.1) is 0 Å². The van der Waals surface area contributed by atoms with Gasteiger partial charge in [0.25, 0.3) is 0 Å². The number of carbonyl (C=O) groups excluding carboxylic acids is 1. The van der Waals surface area contributed by atoms with Crippen molar-refractivity contribution in [2.24, 2.45) is 0 Å². The Morgan fingerprint density at radius 3 is 2.67 bits per heavy atom. The van der Waals surface area contributed by atoms with Gasteiger partial charge < -0.3 is 18.9 Å². The Morgan fingerprint density at radius 1 is 1.17 bits per heavy atom. The van der Waals surface area contributed by atoms with E-state index < -0.39 is 0 Å². The minimum Gasteiger partial charge on any atom is -0.496 e. The van der Waals surface area contributed by atoms with Crippen molar-refractivity contribution in [3.05, 3.63) is 71.4 Å². The van der Waals surface area contributed by atoms with Gasteiger partial charge in [0.1, 0.15) is 11.5 Å². The molecule has 0 bridgehead atoms. The van der Waals surface area contributed by atoms with Crippen molar-refractivity contribution in [1.29, 1.82) is 0 Å². The van der Waals surface area contributed by atoms with Gasteiger partial charge in [-0.1, -0.05) is 35.5 Å². The van der Waals surface area contributed by atoms with Crippen LogP contribution in [0.2, 0.25) is 0 Å². The first kappa shape index (κ1) is 19.9. The Hall–Kier alpha value is -3.35. The highest BCUT2D eigenvalue weighted by Gasteiger charge is 2.35. The second-order valence-corrected chi connectivity index (χ2v) is 7.29. The minimum atomic E-state index is 0.0909. The lowest BCUT2D eigenvalue weighted by Gasteiger charge is -2.37. The summed E-state index contributed by atoms with van der Waals surface area (Å²) in [5, 5.41) is 4.09. The first-order valence-electron chi connectivity index (χ1n) is 10.1. The Balaban J connectivity index is 1.29. The first-order chi connectivity index (χ1) is 14.7. The Bertz CT molecular complexity index is 994. The molecule has 0 N–H and O–H groups in total. The van der Waals surface area contributed by atoms with Gasteiger partial charge in [-0.3, -0.25) is 4.79 Å². The molecule has 1 amide bonds. The topological polar surface area (TPSA) is 77.7 Å². The molecule has 0 spiro atoms. The van der Waals surface area contributed by atoms with E-state index in [0.717, 1.165) is 22.6 Å². The van der Waals surface area contributed by atoms with Crippen molar-refractivity contribution >= 4 is 5.91 Å². The summed E-state index contributed by atoms with van der Waals surface area (Å²) in [5.74, 6) is 3.02. The van der Waals surface area contributed by atoms with Gasteiger partial charge in [0.05, 0.1) is 26.1 Å². The van der Waals surface area contributed by atoms with Crippen molar-refractivity contribution < 1.29 is 18.8 Å². The van der Waals surface area contributed by atoms with Crippen molar-refractivity contribution in [3.8, 4) is 11.5 Å². The highest BCUT2D eigenvalue weighted by atomic mass is 16.5. The van der Waals surface area contributed by atoms with Crippen molar-refractivity contribution in [2.45, 2.75) is 25.7 Å². The quantitative estimate of drug-likeness (QED) is 0.571. The number of likely N-dealkylation sites (tertiary alicyclic amines) is 1. The van der Waals surface area contributed by atoms with Crippen LogP contribution < -0.4 is 9.47 Å². The number of aromatic nitrogens is 2. The third-order valence-electron chi connectivity index (χ3n) is 5.20. The molecule has 2 aromatic carbocycles. The molecule has 2 heterocycles. The van der Waals surface area contributed by atoms with Crippen LogP contribution in [0.25, 0.3) is 0 Å². The van der Waals surface area contributed by atoms with Crippen molar-refractivity contribution in [1.82, 2.24) is 15.0 Å². The van der Waals surface area contributed by atoms with Gasteiger partial charge in [0.2, 0.25) is 11.8 Å². The Morgan fingerprint density at radius 2 is 1.93 bits per heavy atom. The van der Waals surface area contributed by atoms with E-state index in [2.05, 4.69) is 10.1 Å². The molecule has 3 aromatic rings. The third kappa shape index (κ3) is 4.45. The minimum absolute atomic E-state index is 0.0909. The van der Waals surface area contributed by atoms with Crippen LogP contribution in [0, 0.1) is 0 Å². The molecule has 30 heavy (non-hydrogen) atoms. The number of carbonyl (C=O) groups is 1. The molecule has 0 radical (unpaired) electrons. The third-order valence-corrected chi connectivity index (χ3v) is 5.20. The van der Waals surface area contributed by atoms with Crippen LogP contribution in [0.3, 0.4) is 0 Å². The predicted octanol–water partition coefficient (Wildman–Crippen LogP) is 3.24. The number of rotatable bonds is 8. The number of ether oxygens (including phenoxy) is 2. The monoisotopic (exact) mass is 407 g/mol. The van der Waals surface area contributed by atoms with Crippen LogP contribution in [-0.2, 0) is 17.6 Å². The number of amides is 1. The van der Waals surface area contributed by atoms with Crippen LogP contribution in [0.1, 0.15) is 35.7 Å². The highest BCUT2D eigenvalue weighted by Crippen LogP contribution is 2.27. The fraction of sp³-hybridized carbons (Fsp3) is 0.348. The van der Waals surface area contributed by atoms with E-state index in [0.29, 0.717) is 44.3 Å². The number of hydrogen-bond acceptors (Lipinski definition) is 6. The van der Waals surface area contributed by atoms with Crippen LogP contribution >= 0.6 is 0 Å². The van der Waals surface area contributed by atoms with Gasteiger partial charge in [-0.2, -0.15) is 4.98 Å². The summed E-state index contributed by atoms with van der Waals surface area (Å²) in [5.41, 5.74) is 1.98. The van der Waals surface area contributed by atoms with E-state index in [1.807, 2.05) is 60.4 Å². The molecule has 4 rings (SSSR count). The average molecular weight is 407 g/mol. The first-order valence-corrected chi connectivity index (χ1v) is 10.1. The van der Waals surface area contributed by atoms with Crippen LogP contribution in [0.15, 0.2) is 53.1 Å². The van der Waals surface area contributed by atoms with Crippen molar-refractivity contribution in [3.63, 3.8) is 0 Å². The number of hydrogen-bond donors (Lipinski definition) is 0. The Kier molecular flexibility index (Phi) is 5.97. The van der Waals surface area contributed by atoms with Crippen LogP contribution in [0.5, 0.6) is 11.5 Å². The number of nitrogens with zero attached hydrogens (tertiary/aromatic N) is 3. The number of methoxy groups -OCH3 is 1. The molecule has 7 nitrogen and oxygen atoms in total. The van der Waals surface area contributed by atoms with E-state index in [9.17, 15) is 4.79 Å². The fourth-order valence-electron chi connectivity index (χ4n) is 3.52. The average Bonchev–Trinajstić information content (AvgIpc) is 3.17. The molecule has 7 heteroatoms. The summed E-state index contributed by atoms with van der Waals surface area (Å²) in [4.78, 5) is 18.9. The zero-order valence-corrected chi connectivity index (χ0v) is 17.2. The van der Waals surface area contributed by atoms with Gasteiger partial charge >= 0.3 is 0 Å². The normalized spacial score (nSPS) is 13.7. The van der Waals surface area contributed by atoms with Crippen LogP contribution in [-0.4, -0.2) is 47.8 Å². The lowest BCUT2D eigenvalue weighted by molar-refractivity contribution is -0.135. The molecule has 1 aliphatic heterocycles. The largest absolute Gasteiger partial charge is 0.496 e. The summed E-state index contributed by atoms with van der Waals surface area (Å²) >= 11 is 0. The van der Waals surface area contributed by atoms with E-state index in [1.54, 1.807) is 7.11 Å². The summed E-state index contributed by atoms with van der Waals surface area (Å²) < 4.78 is 16.3. The molecule has 1 aromatic heterocycles. The summed E-state index contributed by atoms with van der Waals surface area (Å²) in [6.07, 6.45) is 0.919. The molecule has 0 aliphatic carbocycles. The standard InChI is InChI=1S/C23H25N3O4/c1-3-29-19-10-8-16(9-11-19)12-22(27)26-14-18(15-26)23-24-21(25-30-23)13-17-6-4-5-7-20(17)28-2/h4-11,18H,3,12-15H2,1-2H3. The number of para-hydroxylation sites is 1. The molecule has 0 unspecified atom stereocenters. The molecule has 0 saturated carbocycles. The second-order valence-electron chi connectivity index (χ2n) is 7.29. The van der Waals surface area contributed by atoms with Gasteiger partial charge in [0, 0.05) is 25.1 Å². The Labute approximate surface area is 175 Å². The molecule has 156 valence electrons. The lowest BCUT2D eigenvalue weighted by Crippen LogP contribution is -2.49. The number of benzene rings is 2. The molecule has 1 saturated heterocycles. The fourth-order valence-corrected chi connectivity index (χ4v) is 3.52. The SMILES string of the molecule is CCOc1ccc(CC(=O)N2CC(c3nc(Cc4ccccc4OC)no3)C2)cc1. The molecule has 0 atom stereocenters. The lowest BCUT2D eigenvalue weighted by atomic mass is 9.98. The van der Waals surface area contributed by atoms with Gasteiger partial charge in [-0.25, -0.2) is 0 Å². The summed E-state index contributed by atoms with van der Waals surface area (Å²) in [7, 11) is 1.65. The molecule has 1 aliphatic rings. The van der Waals surface area contributed by atoms with E-state index in [1.165, 1.54) is 0 Å². The highest BCUT2D eigenvalue weighted by molar-refractivity contribution is 5.79. The van der Waals surface area contributed by atoms with E-state index in [4.69, 9.17) is 14.0 Å². The zero-order chi connectivity index (χ0) is 20.9. The van der Waals surface area contributed by atoms with Crippen molar-refractivity contribution in [2.75, 3.05) is 26.8 Å². The summed E-state index contributed by atoms with van der Waals surface area (Å²) in [6, 6.07) is 15.4.